The summed E-state index contributed by atoms with van der Waals surface area (Å²) in [4.78, 5) is 25.1. The van der Waals surface area contributed by atoms with E-state index in [2.05, 4.69) is 5.32 Å². The number of aliphatic carboxylic acids is 1. The van der Waals surface area contributed by atoms with Gasteiger partial charge in [0, 0.05) is 12.6 Å². The molecule has 5 heteroatoms. The zero-order chi connectivity index (χ0) is 14.5. The van der Waals surface area contributed by atoms with Crippen molar-refractivity contribution in [3.63, 3.8) is 0 Å². The van der Waals surface area contributed by atoms with Crippen LogP contribution in [0.4, 0.5) is 4.79 Å². The molecule has 1 saturated carbocycles. The Kier molecular flexibility index (Phi) is 5.63. The van der Waals surface area contributed by atoms with Crippen molar-refractivity contribution in [2.75, 3.05) is 6.54 Å². The molecule has 0 aromatic rings. The second-order valence-corrected chi connectivity index (χ2v) is 5.78. The van der Waals surface area contributed by atoms with Gasteiger partial charge in [-0.1, -0.05) is 19.8 Å². The molecule has 1 rings (SSSR count). The van der Waals surface area contributed by atoms with Gasteiger partial charge in [-0.15, -0.1) is 0 Å². The van der Waals surface area contributed by atoms with Crippen LogP contribution in [0, 0.1) is 0 Å². The van der Waals surface area contributed by atoms with Gasteiger partial charge >= 0.3 is 12.0 Å². The van der Waals surface area contributed by atoms with Gasteiger partial charge in [0.2, 0.25) is 0 Å². The smallest absolute Gasteiger partial charge is 0.318 e. The minimum absolute atomic E-state index is 0.0246. The fourth-order valence-electron chi connectivity index (χ4n) is 2.82. The zero-order valence-electron chi connectivity index (χ0n) is 12.2. The van der Waals surface area contributed by atoms with Crippen molar-refractivity contribution < 1.29 is 14.7 Å². The molecular formula is C14H26N2O3. The van der Waals surface area contributed by atoms with Gasteiger partial charge in [0.25, 0.3) is 0 Å². The van der Waals surface area contributed by atoms with Crippen LogP contribution in [0.1, 0.15) is 59.3 Å². The number of urea groups is 1. The molecule has 0 aromatic carbocycles. The van der Waals surface area contributed by atoms with Crippen molar-refractivity contribution in [2.45, 2.75) is 70.9 Å². The molecule has 2 N–H and O–H groups in total. The first-order valence-corrected chi connectivity index (χ1v) is 7.21. The van der Waals surface area contributed by atoms with E-state index in [0.717, 1.165) is 32.1 Å². The van der Waals surface area contributed by atoms with Crippen LogP contribution in [0.3, 0.4) is 0 Å². The van der Waals surface area contributed by atoms with Gasteiger partial charge < -0.3 is 15.3 Å². The van der Waals surface area contributed by atoms with Gasteiger partial charge in [-0.3, -0.25) is 4.79 Å². The molecule has 1 aliphatic rings. The highest BCUT2D eigenvalue weighted by molar-refractivity contribution is 5.77. The monoisotopic (exact) mass is 270 g/mol. The third kappa shape index (κ3) is 4.40. The van der Waals surface area contributed by atoms with Gasteiger partial charge in [0.15, 0.2) is 0 Å². The summed E-state index contributed by atoms with van der Waals surface area (Å²) in [5.74, 6) is -0.839. The van der Waals surface area contributed by atoms with Crippen molar-refractivity contribution >= 4 is 12.0 Å². The van der Waals surface area contributed by atoms with E-state index in [1.165, 1.54) is 0 Å². The molecule has 0 spiro atoms. The van der Waals surface area contributed by atoms with Crippen LogP contribution in [0.5, 0.6) is 0 Å². The molecule has 0 atom stereocenters. The first-order valence-electron chi connectivity index (χ1n) is 7.21. The summed E-state index contributed by atoms with van der Waals surface area (Å²) in [6.07, 6.45) is 4.44. The summed E-state index contributed by atoms with van der Waals surface area (Å²) in [6, 6.07) is 0.00299. The van der Waals surface area contributed by atoms with Gasteiger partial charge in [0.05, 0.1) is 12.0 Å². The Hall–Kier alpha value is -1.26. The van der Waals surface area contributed by atoms with E-state index >= 15 is 0 Å². The van der Waals surface area contributed by atoms with Crippen molar-refractivity contribution in [1.82, 2.24) is 10.2 Å². The second-order valence-electron chi connectivity index (χ2n) is 5.78. The van der Waals surface area contributed by atoms with E-state index in [1.54, 1.807) is 4.90 Å². The van der Waals surface area contributed by atoms with Crippen LogP contribution in [0.2, 0.25) is 0 Å². The number of hydrogen-bond acceptors (Lipinski definition) is 2. The fourth-order valence-corrected chi connectivity index (χ4v) is 2.82. The molecule has 0 heterocycles. The summed E-state index contributed by atoms with van der Waals surface area (Å²) in [7, 11) is 0. The Morgan fingerprint density at radius 3 is 2.32 bits per heavy atom. The molecule has 1 fully saturated rings. The molecule has 0 saturated heterocycles. The molecule has 0 radical (unpaired) electrons. The highest BCUT2D eigenvalue weighted by Crippen LogP contribution is 2.32. The first kappa shape index (κ1) is 15.8. The standard InChI is InChI=1S/C14H26N2O3/c1-4-9-16(11(2)3)13(19)15-14(10-12(17)18)7-5-6-8-14/h11H,4-10H2,1-3H3,(H,15,19)(H,17,18). The van der Waals surface area contributed by atoms with Crippen LogP contribution in [0.25, 0.3) is 0 Å². The van der Waals surface area contributed by atoms with Crippen molar-refractivity contribution in [1.29, 1.82) is 0 Å². The number of carbonyl (C=O) groups excluding carboxylic acids is 1. The predicted molar refractivity (Wildman–Crippen MR) is 74.1 cm³/mol. The minimum Gasteiger partial charge on any atom is -0.481 e. The maximum atomic E-state index is 12.3. The second kappa shape index (κ2) is 6.78. The molecule has 1 aliphatic carbocycles. The SMILES string of the molecule is CCCN(C(=O)NC1(CC(=O)O)CCCC1)C(C)C. The Morgan fingerprint density at radius 1 is 1.32 bits per heavy atom. The minimum atomic E-state index is -0.839. The van der Waals surface area contributed by atoms with E-state index in [9.17, 15) is 9.59 Å². The third-order valence-electron chi connectivity index (χ3n) is 3.77. The summed E-state index contributed by atoms with van der Waals surface area (Å²) < 4.78 is 0. The van der Waals surface area contributed by atoms with Crippen LogP contribution in [-0.4, -0.2) is 40.1 Å². The molecule has 0 aromatic heterocycles. The molecule has 0 unspecified atom stereocenters. The number of hydrogen-bond donors (Lipinski definition) is 2. The normalized spacial score (nSPS) is 17.5. The third-order valence-corrected chi connectivity index (χ3v) is 3.77. The van der Waals surface area contributed by atoms with E-state index in [1.807, 2.05) is 20.8 Å². The molecule has 0 aliphatic heterocycles. The Balaban J connectivity index is 2.72. The zero-order valence-corrected chi connectivity index (χ0v) is 12.2. The lowest BCUT2D eigenvalue weighted by Crippen LogP contribution is -2.54. The summed E-state index contributed by atoms with van der Waals surface area (Å²) in [6.45, 7) is 6.69. The van der Waals surface area contributed by atoms with Crippen molar-refractivity contribution in [3.05, 3.63) is 0 Å². The lowest BCUT2D eigenvalue weighted by Gasteiger charge is -2.34. The molecule has 19 heavy (non-hydrogen) atoms. The highest BCUT2D eigenvalue weighted by atomic mass is 16.4. The number of amides is 2. The number of nitrogens with zero attached hydrogens (tertiary/aromatic N) is 1. The molecule has 110 valence electrons. The van der Waals surface area contributed by atoms with Gasteiger partial charge in [-0.2, -0.15) is 0 Å². The largest absolute Gasteiger partial charge is 0.481 e. The lowest BCUT2D eigenvalue weighted by atomic mass is 9.93. The van der Waals surface area contributed by atoms with Gasteiger partial charge in [-0.25, -0.2) is 4.79 Å². The van der Waals surface area contributed by atoms with Gasteiger partial charge in [0.1, 0.15) is 0 Å². The van der Waals surface area contributed by atoms with E-state index in [0.29, 0.717) is 6.54 Å². The first-order chi connectivity index (χ1) is 8.90. The van der Waals surface area contributed by atoms with E-state index in [4.69, 9.17) is 5.11 Å². The fraction of sp³-hybridized carbons (Fsp3) is 0.857. The van der Waals surface area contributed by atoms with E-state index < -0.39 is 11.5 Å². The molecule has 5 nitrogen and oxygen atoms in total. The van der Waals surface area contributed by atoms with Crippen LogP contribution in [0.15, 0.2) is 0 Å². The summed E-state index contributed by atoms with van der Waals surface area (Å²) >= 11 is 0. The average molecular weight is 270 g/mol. The highest BCUT2D eigenvalue weighted by Gasteiger charge is 2.38. The number of nitrogens with one attached hydrogen (secondary N) is 1. The summed E-state index contributed by atoms with van der Waals surface area (Å²) in [5.41, 5.74) is -0.538. The molecule has 2 amide bonds. The number of rotatable bonds is 6. The van der Waals surface area contributed by atoms with Crippen LogP contribution >= 0.6 is 0 Å². The topological polar surface area (TPSA) is 69.6 Å². The maximum Gasteiger partial charge on any atom is 0.318 e. The van der Waals surface area contributed by atoms with Crippen LogP contribution < -0.4 is 5.32 Å². The lowest BCUT2D eigenvalue weighted by molar-refractivity contribution is -0.138. The van der Waals surface area contributed by atoms with E-state index in [-0.39, 0.29) is 18.5 Å². The maximum absolute atomic E-state index is 12.3. The number of carboxylic acids is 1. The predicted octanol–water partition coefficient (Wildman–Crippen LogP) is 2.60. The van der Waals surface area contributed by atoms with Crippen molar-refractivity contribution in [2.24, 2.45) is 0 Å². The van der Waals surface area contributed by atoms with Crippen molar-refractivity contribution in [3.8, 4) is 0 Å². The quantitative estimate of drug-likeness (QED) is 0.779. The Morgan fingerprint density at radius 2 is 1.89 bits per heavy atom. The summed E-state index contributed by atoms with van der Waals surface area (Å²) in [5, 5.41) is 12.0. The molecule has 0 bridgehead atoms. The Bertz CT molecular complexity index is 323. The number of carbonyl (C=O) groups is 2. The Labute approximate surface area is 115 Å². The van der Waals surface area contributed by atoms with Crippen LogP contribution in [-0.2, 0) is 4.79 Å². The number of carboxylic acid groups (broad SMARTS) is 1. The molecular weight excluding hydrogens is 244 g/mol. The average Bonchev–Trinajstić information content (AvgIpc) is 2.72. The van der Waals surface area contributed by atoms with Gasteiger partial charge in [-0.05, 0) is 33.1 Å².